The number of ether oxygens (including phenoxy) is 1. The Morgan fingerprint density at radius 1 is 1.24 bits per heavy atom. The Kier molecular flexibility index (Phi) is 7.83. The first-order valence-corrected chi connectivity index (χ1v) is 8.82. The lowest BCUT2D eigenvalue weighted by Gasteiger charge is -2.14. The highest BCUT2D eigenvalue weighted by Gasteiger charge is 2.20. The summed E-state index contributed by atoms with van der Waals surface area (Å²) in [5, 5.41) is 0.493. The van der Waals surface area contributed by atoms with E-state index in [0.29, 0.717) is 36.3 Å². The fourth-order valence-electron chi connectivity index (χ4n) is 1.58. The summed E-state index contributed by atoms with van der Waals surface area (Å²) in [7, 11) is -3.04. The molecular formula is C14H21ClNO4P. The number of allylic oxidation sites excluding steroid dienone is 1. The Balaban J connectivity index is 2.47. The molecule has 2 N–H and O–H groups in total. The molecule has 0 atom stereocenters. The first kappa shape index (κ1) is 18.1. The highest BCUT2D eigenvalue weighted by molar-refractivity contribution is 7.54. The lowest BCUT2D eigenvalue weighted by atomic mass is 10.3. The minimum Gasteiger partial charge on any atom is -0.488 e. The highest BCUT2D eigenvalue weighted by atomic mass is 35.5. The third kappa shape index (κ3) is 6.53. The lowest BCUT2D eigenvalue weighted by Crippen LogP contribution is -1.99. The van der Waals surface area contributed by atoms with Gasteiger partial charge in [-0.05, 0) is 26.0 Å². The second kappa shape index (κ2) is 9.11. The largest absolute Gasteiger partial charge is 0.488 e. The van der Waals surface area contributed by atoms with E-state index in [9.17, 15) is 4.57 Å². The molecule has 0 aliphatic rings. The molecule has 0 fully saturated rings. The van der Waals surface area contributed by atoms with Gasteiger partial charge in [-0.15, -0.1) is 0 Å². The van der Waals surface area contributed by atoms with Crippen LogP contribution in [0.1, 0.15) is 13.8 Å². The molecule has 118 valence electrons. The van der Waals surface area contributed by atoms with E-state index in [-0.39, 0.29) is 6.16 Å². The van der Waals surface area contributed by atoms with Gasteiger partial charge in [-0.2, -0.15) is 0 Å². The Bertz CT molecular complexity index is 512. The Morgan fingerprint density at radius 2 is 1.90 bits per heavy atom. The van der Waals surface area contributed by atoms with Crippen molar-refractivity contribution < 1.29 is 18.3 Å². The van der Waals surface area contributed by atoms with Gasteiger partial charge in [0.15, 0.2) is 0 Å². The summed E-state index contributed by atoms with van der Waals surface area (Å²) < 4.78 is 28.0. The topological polar surface area (TPSA) is 70.8 Å². The molecule has 0 aliphatic carbocycles. The second-order valence-corrected chi connectivity index (χ2v) is 6.61. The van der Waals surface area contributed by atoms with E-state index >= 15 is 0 Å². The van der Waals surface area contributed by atoms with Crippen molar-refractivity contribution in [3.63, 3.8) is 0 Å². The van der Waals surface area contributed by atoms with E-state index < -0.39 is 7.60 Å². The van der Waals surface area contributed by atoms with Crippen LogP contribution in [-0.4, -0.2) is 26.0 Å². The zero-order valence-electron chi connectivity index (χ0n) is 12.3. The molecule has 0 aromatic heterocycles. The summed E-state index contributed by atoms with van der Waals surface area (Å²) in [5.74, 6) is 0.513. The van der Waals surface area contributed by atoms with E-state index in [1.54, 1.807) is 44.2 Å². The van der Waals surface area contributed by atoms with Crippen LogP contribution in [0.3, 0.4) is 0 Å². The fraction of sp³-hybridized carbons (Fsp3) is 0.429. The highest BCUT2D eigenvalue weighted by Crippen LogP contribution is 2.47. The van der Waals surface area contributed by atoms with E-state index in [4.69, 9.17) is 31.1 Å². The number of rotatable bonds is 9. The van der Waals surface area contributed by atoms with Crippen molar-refractivity contribution in [3.8, 4) is 5.75 Å². The van der Waals surface area contributed by atoms with Crippen LogP contribution in [0, 0.1) is 0 Å². The van der Waals surface area contributed by atoms with Gasteiger partial charge in [0.25, 0.3) is 0 Å². The summed E-state index contributed by atoms with van der Waals surface area (Å²) in [6, 6.07) is 5.03. The molecule has 5 nitrogen and oxygen atoms in total. The molecule has 0 spiro atoms. The van der Waals surface area contributed by atoms with E-state index in [0.717, 1.165) is 0 Å². The predicted octanol–water partition coefficient (Wildman–Crippen LogP) is 4.12. The molecule has 0 unspecified atom stereocenters. The molecule has 0 aliphatic heterocycles. The van der Waals surface area contributed by atoms with Crippen LogP contribution in [0.4, 0.5) is 5.69 Å². The van der Waals surface area contributed by atoms with Crippen LogP contribution in [0.2, 0.25) is 5.02 Å². The summed E-state index contributed by atoms with van der Waals surface area (Å²) in [6.07, 6.45) is 3.67. The molecule has 21 heavy (non-hydrogen) atoms. The second-order valence-electron chi connectivity index (χ2n) is 4.10. The van der Waals surface area contributed by atoms with Crippen LogP contribution in [-0.2, 0) is 13.6 Å². The molecule has 0 saturated heterocycles. The minimum atomic E-state index is -3.04. The van der Waals surface area contributed by atoms with E-state index in [1.165, 1.54) is 0 Å². The fourth-order valence-corrected chi connectivity index (χ4v) is 3.23. The Morgan fingerprint density at radius 3 is 2.52 bits per heavy atom. The monoisotopic (exact) mass is 333 g/mol. The van der Waals surface area contributed by atoms with Gasteiger partial charge in [0.05, 0.1) is 24.4 Å². The first-order valence-electron chi connectivity index (χ1n) is 6.71. The summed E-state index contributed by atoms with van der Waals surface area (Å²) in [6.45, 7) is 4.54. The summed E-state index contributed by atoms with van der Waals surface area (Å²) >= 11 is 5.97. The van der Waals surface area contributed by atoms with Crippen LogP contribution in [0.15, 0.2) is 30.4 Å². The maximum atomic E-state index is 12.2. The molecule has 0 bridgehead atoms. The molecule has 1 rings (SSSR count). The van der Waals surface area contributed by atoms with Crippen LogP contribution < -0.4 is 10.5 Å². The number of nitrogens with two attached hydrogens (primary N) is 1. The van der Waals surface area contributed by atoms with Gasteiger partial charge < -0.3 is 19.5 Å². The van der Waals surface area contributed by atoms with E-state index in [1.807, 2.05) is 0 Å². The summed E-state index contributed by atoms with van der Waals surface area (Å²) in [4.78, 5) is 0. The maximum Gasteiger partial charge on any atom is 0.334 e. The van der Waals surface area contributed by atoms with Crippen molar-refractivity contribution in [2.45, 2.75) is 13.8 Å². The third-order valence-electron chi connectivity index (χ3n) is 2.44. The number of hydrogen-bond acceptors (Lipinski definition) is 5. The molecule has 1 aromatic rings. The van der Waals surface area contributed by atoms with Gasteiger partial charge in [-0.1, -0.05) is 23.8 Å². The van der Waals surface area contributed by atoms with Gasteiger partial charge in [0.1, 0.15) is 12.4 Å². The van der Waals surface area contributed by atoms with Gasteiger partial charge in [-0.25, -0.2) is 0 Å². The first-order chi connectivity index (χ1) is 10.0. The minimum absolute atomic E-state index is 0.211. The van der Waals surface area contributed by atoms with Crippen LogP contribution in [0.5, 0.6) is 5.75 Å². The zero-order chi connectivity index (χ0) is 15.7. The number of nitrogen functional groups attached to an aromatic ring is 1. The average molecular weight is 334 g/mol. The zero-order valence-corrected chi connectivity index (χ0v) is 13.9. The van der Waals surface area contributed by atoms with Crippen molar-refractivity contribution in [1.29, 1.82) is 0 Å². The van der Waals surface area contributed by atoms with Crippen molar-refractivity contribution in [2.24, 2.45) is 0 Å². The third-order valence-corrected chi connectivity index (χ3v) is 4.71. The Hall–Kier alpha value is -1.00. The number of anilines is 1. The molecule has 0 radical (unpaired) electrons. The lowest BCUT2D eigenvalue weighted by molar-refractivity contribution is 0.222. The molecule has 0 saturated carbocycles. The van der Waals surface area contributed by atoms with Crippen LogP contribution in [0.25, 0.3) is 0 Å². The molecule has 1 aromatic carbocycles. The SMILES string of the molecule is CCOP(=O)(C/C=C/COc1cc(N)ccc1Cl)OCC. The molecule has 7 heteroatoms. The van der Waals surface area contributed by atoms with Crippen molar-refractivity contribution >= 4 is 24.9 Å². The standard InChI is InChI=1S/C14H21ClNO4P/c1-3-19-21(17,20-4-2)10-6-5-9-18-14-11-12(16)7-8-13(14)15/h5-8,11H,3-4,9-10,16H2,1-2H3/b6-5+. The smallest absolute Gasteiger partial charge is 0.334 e. The number of halogens is 1. The van der Waals surface area contributed by atoms with Gasteiger partial charge in [0.2, 0.25) is 0 Å². The maximum absolute atomic E-state index is 12.2. The molecule has 0 heterocycles. The number of benzene rings is 1. The molecular weight excluding hydrogens is 313 g/mol. The van der Waals surface area contributed by atoms with Crippen molar-refractivity contribution in [2.75, 3.05) is 31.7 Å². The molecule has 0 amide bonds. The quantitative estimate of drug-likeness (QED) is 0.418. The van der Waals surface area contributed by atoms with E-state index in [2.05, 4.69) is 0 Å². The summed E-state index contributed by atoms with van der Waals surface area (Å²) in [5.41, 5.74) is 6.23. The van der Waals surface area contributed by atoms with Crippen molar-refractivity contribution in [3.05, 3.63) is 35.4 Å². The van der Waals surface area contributed by atoms with Crippen molar-refractivity contribution in [1.82, 2.24) is 0 Å². The normalized spacial score (nSPS) is 12.0. The van der Waals surface area contributed by atoms with Gasteiger partial charge in [-0.3, -0.25) is 4.57 Å². The predicted molar refractivity (Wildman–Crippen MR) is 86.2 cm³/mol. The van der Waals surface area contributed by atoms with Gasteiger partial charge >= 0.3 is 7.60 Å². The number of hydrogen-bond donors (Lipinski definition) is 1. The average Bonchev–Trinajstić information content (AvgIpc) is 2.42. The van der Waals surface area contributed by atoms with Crippen LogP contribution >= 0.6 is 19.2 Å². The van der Waals surface area contributed by atoms with Gasteiger partial charge in [0, 0.05) is 11.8 Å². The Labute approximate surface area is 130 Å².